The van der Waals surface area contributed by atoms with E-state index in [1.54, 1.807) is 7.11 Å². The maximum Gasteiger partial charge on any atom is 0.256 e. The Labute approximate surface area is 166 Å². The Bertz CT molecular complexity index is 739. The zero-order valence-electron chi connectivity index (χ0n) is 16.7. The van der Waals surface area contributed by atoms with Gasteiger partial charge in [-0.15, -0.1) is 0 Å². The van der Waals surface area contributed by atoms with Gasteiger partial charge in [-0.25, -0.2) is 4.98 Å². The average Bonchev–Trinajstić information content (AvgIpc) is 3.34. The van der Waals surface area contributed by atoms with Crippen molar-refractivity contribution >= 4 is 11.8 Å². The number of nitrogens with one attached hydrogen (secondary N) is 1. The van der Waals surface area contributed by atoms with Gasteiger partial charge in [-0.3, -0.25) is 14.5 Å². The lowest BCUT2D eigenvalue weighted by atomic mass is 10.1. The maximum absolute atomic E-state index is 12.9. The normalized spacial score (nSPS) is 20.5. The first kappa shape index (κ1) is 19.2. The number of ether oxygens (including phenoxy) is 1. The lowest BCUT2D eigenvalue weighted by Crippen LogP contribution is -2.39. The van der Waals surface area contributed by atoms with E-state index in [-0.39, 0.29) is 11.8 Å². The molecule has 2 amide bonds. The standard InChI is InChI=1S/C21H30N4O3/c1-28-20-15(12-22-19(26)14-24-9-5-2-6-10-24)11-17-18(23-20)13-25(21(17)27)16-7-3-4-8-16/h11,16H,2-10,12-14H2,1H3,(H,22,26). The zero-order chi connectivity index (χ0) is 19.5. The van der Waals surface area contributed by atoms with Crippen LogP contribution in [0.15, 0.2) is 6.07 Å². The summed E-state index contributed by atoms with van der Waals surface area (Å²) in [6.07, 6.45) is 8.12. The fourth-order valence-corrected chi connectivity index (χ4v) is 4.65. The first-order valence-electron chi connectivity index (χ1n) is 10.5. The van der Waals surface area contributed by atoms with E-state index >= 15 is 0 Å². The van der Waals surface area contributed by atoms with E-state index in [1.165, 1.54) is 19.3 Å². The van der Waals surface area contributed by atoms with Gasteiger partial charge in [-0.05, 0) is 44.8 Å². The number of pyridine rings is 1. The summed E-state index contributed by atoms with van der Waals surface area (Å²) >= 11 is 0. The van der Waals surface area contributed by atoms with Crippen molar-refractivity contribution in [3.8, 4) is 5.88 Å². The molecule has 0 unspecified atom stereocenters. The fourth-order valence-electron chi connectivity index (χ4n) is 4.65. The summed E-state index contributed by atoms with van der Waals surface area (Å²) in [5.41, 5.74) is 2.21. The molecule has 28 heavy (non-hydrogen) atoms. The predicted molar refractivity (Wildman–Crippen MR) is 105 cm³/mol. The van der Waals surface area contributed by atoms with E-state index in [1.807, 2.05) is 11.0 Å². The molecule has 0 spiro atoms. The molecule has 152 valence electrons. The second-order valence-corrected chi connectivity index (χ2v) is 8.14. The van der Waals surface area contributed by atoms with Gasteiger partial charge in [0.2, 0.25) is 11.8 Å². The molecule has 1 aliphatic carbocycles. The van der Waals surface area contributed by atoms with Crippen LogP contribution in [0, 0.1) is 0 Å². The van der Waals surface area contributed by atoms with Gasteiger partial charge in [0, 0.05) is 18.2 Å². The summed E-state index contributed by atoms with van der Waals surface area (Å²) in [5, 5.41) is 2.97. The third kappa shape index (κ3) is 3.99. The minimum Gasteiger partial charge on any atom is -0.481 e. The number of methoxy groups -OCH3 is 1. The Kier molecular flexibility index (Phi) is 5.80. The lowest BCUT2D eigenvalue weighted by Gasteiger charge is -2.25. The average molecular weight is 386 g/mol. The molecule has 0 bridgehead atoms. The molecular weight excluding hydrogens is 356 g/mol. The minimum atomic E-state index is 0.00311. The largest absolute Gasteiger partial charge is 0.481 e. The van der Waals surface area contributed by atoms with E-state index in [9.17, 15) is 9.59 Å². The Morgan fingerprint density at radius 1 is 1.21 bits per heavy atom. The van der Waals surface area contributed by atoms with E-state index in [2.05, 4.69) is 15.2 Å². The SMILES string of the molecule is COc1nc2c(cc1CNC(=O)CN1CCCCC1)C(=O)N(C1CCCC1)C2. The highest BCUT2D eigenvalue weighted by Crippen LogP contribution is 2.33. The highest BCUT2D eigenvalue weighted by Gasteiger charge is 2.35. The molecule has 1 saturated carbocycles. The number of amides is 2. The van der Waals surface area contributed by atoms with Gasteiger partial charge in [0.05, 0.1) is 31.5 Å². The summed E-state index contributed by atoms with van der Waals surface area (Å²) in [5.74, 6) is 0.569. The van der Waals surface area contributed by atoms with Gasteiger partial charge in [-0.2, -0.15) is 0 Å². The van der Waals surface area contributed by atoms with Crippen LogP contribution in [-0.4, -0.2) is 59.4 Å². The Hall–Kier alpha value is -2.15. The molecule has 7 heteroatoms. The number of aromatic nitrogens is 1. The van der Waals surface area contributed by atoms with E-state index in [0.29, 0.717) is 37.1 Å². The molecule has 0 radical (unpaired) electrons. The Balaban J connectivity index is 1.42. The highest BCUT2D eigenvalue weighted by molar-refractivity contribution is 5.98. The van der Waals surface area contributed by atoms with E-state index < -0.39 is 0 Å². The van der Waals surface area contributed by atoms with Gasteiger partial charge >= 0.3 is 0 Å². The molecule has 1 saturated heterocycles. The van der Waals surface area contributed by atoms with Crippen LogP contribution < -0.4 is 10.1 Å². The van der Waals surface area contributed by atoms with Crippen LogP contribution in [0.3, 0.4) is 0 Å². The fraction of sp³-hybridized carbons (Fsp3) is 0.667. The van der Waals surface area contributed by atoms with Crippen molar-refractivity contribution in [2.24, 2.45) is 0 Å². The molecule has 4 rings (SSSR count). The lowest BCUT2D eigenvalue weighted by molar-refractivity contribution is -0.122. The first-order chi connectivity index (χ1) is 13.7. The molecule has 1 aromatic heterocycles. The number of hydrogen-bond acceptors (Lipinski definition) is 5. The number of rotatable bonds is 6. The zero-order valence-corrected chi connectivity index (χ0v) is 16.7. The summed E-state index contributed by atoms with van der Waals surface area (Å²) in [7, 11) is 1.58. The van der Waals surface area contributed by atoms with E-state index in [0.717, 1.165) is 50.0 Å². The molecule has 1 aromatic rings. The molecular formula is C21H30N4O3. The highest BCUT2D eigenvalue weighted by atomic mass is 16.5. The van der Waals surface area contributed by atoms with Crippen LogP contribution in [0.4, 0.5) is 0 Å². The van der Waals surface area contributed by atoms with Crippen LogP contribution in [0.1, 0.15) is 66.6 Å². The Morgan fingerprint density at radius 2 is 1.96 bits per heavy atom. The van der Waals surface area contributed by atoms with Gasteiger partial charge in [-0.1, -0.05) is 19.3 Å². The number of carbonyl (C=O) groups excluding carboxylic acids is 2. The molecule has 3 heterocycles. The number of carbonyl (C=O) groups is 2. The third-order valence-electron chi connectivity index (χ3n) is 6.20. The van der Waals surface area contributed by atoms with Crippen molar-refractivity contribution in [3.63, 3.8) is 0 Å². The van der Waals surface area contributed by atoms with Crippen LogP contribution >= 0.6 is 0 Å². The number of piperidine rings is 1. The molecule has 0 atom stereocenters. The molecule has 3 aliphatic rings. The number of likely N-dealkylation sites (tertiary alicyclic amines) is 1. The third-order valence-corrected chi connectivity index (χ3v) is 6.20. The maximum atomic E-state index is 12.9. The van der Waals surface area contributed by atoms with Crippen molar-refractivity contribution in [1.82, 2.24) is 20.1 Å². The number of hydrogen-bond donors (Lipinski definition) is 1. The van der Waals surface area contributed by atoms with E-state index in [4.69, 9.17) is 4.74 Å². The summed E-state index contributed by atoms with van der Waals surface area (Å²) < 4.78 is 5.45. The summed E-state index contributed by atoms with van der Waals surface area (Å²) in [6, 6.07) is 2.19. The second kappa shape index (κ2) is 8.47. The Morgan fingerprint density at radius 3 is 2.68 bits per heavy atom. The van der Waals surface area contributed by atoms with Crippen LogP contribution in [0.25, 0.3) is 0 Å². The van der Waals surface area contributed by atoms with Gasteiger partial charge in [0.25, 0.3) is 5.91 Å². The second-order valence-electron chi connectivity index (χ2n) is 8.14. The van der Waals surface area contributed by atoms with Crippen molar-refractivity contribution < 1.29 is 14.3 Å². The monoisotopic (exact) mass is 386 g/mol. The molecule has 2 aliphatic heterocycles. The van der Waals surface area contributed by atoms with Crippen LogP contribution in [-0.2, 0) is 17.9 Å². The van der Waals surface area contributed by atoms with Gasteiger partial charge in [0.15, 0.2) is 0 Å². The molecule has 2 fully saturated rings. The summed E-state index contributed by atoms with van der Waals surface area (Å²) in [4.78, 5) is 34.0. The van der Waals surface area contributed by atoms with Crippen molar-refractivity contribution in [3.05, 3.63) is 22.9 Å². The smallest absolute Gasteiger partial charge is 0.256 e. The van der Waals surface area contributed by atoms with Crippen LogP contribution in [0.5, 0.6) is 5.88 Å². The minimum absolute atomic E-state index is 0.00311. The van der Waals surface area contributed by atoms with Crippen LogP contribution in [0.2, 0.25) is 0 Å². The first-order valence-corrected chi connectivity index (χ1v) is 10.5. The van der Waals surface area contributed by atoms with Crippen molar-refractivity contribution in [2.75, 3.05) is 26.7 Å². The van der Waals surface area contributed by atoms with Crippen molar-refractivity contribution in [1.29, 1.82) is 0 Å². The molecule has 7 nitrogen and oxygen atoms in total. The predicted octanol–water partition coefficient (Wildman–Crippen LogP) is 2.09. The number of nitrogens with zero attached hydrogens (tertiary/aromatic N) is 3. The quantitative estimate of drug-likeness (QED) is 0.810. The molecule has 1 N–H and O–H groups in total. The number of fused-ring (bicyclic) bond motifs is 1. The summed E-state index contributed by atoms with van der Waals surface area (Å²) in [6.45, 7) is 3.30. The van der Waals surface area contributed by atoms with Crippen molar-refractivity contribution in [2.45, 2.75) is 64.1 Å². The van der Waals surface area contributed by atoms with Gasteiger partial charge < -0.3 is 15.0 Å². The topological polar surface area (TPSA) is 74.8 Å². The molecule has 0 aromatic carbocycles. The van der Waals surface area contributed by atoms with Gasteiger partial charge in [0.1, 0.15) is 0 Å².